The molecule has 0 amide bonds. The van der Waals surface area contributed by atoms with Crippen LogP contribution in [-0.2, 0) is 11.0 Å². The van der Waals surface area contributed by atoms with Crippen LogP contribution >= 0.6 is 0 Å². The van der Waals surface area contributed by atoms with Gasteiger partial charge in [0.2, 0.25) is 5.69 Å². The molecule has 1 aliphatic heterocycles. The highest BCUT2D eigenvalue weighted by atomic mass is 15.1. The Bertz CT molecular complexity index is 731. The number of rotatable bonds is 2. The molecule has 0 saturated heterocycles. The van der Waals surface area contributed by atoms with Crippen molar-refractivity contribution < 1.29 is 4.57 Å². The molecule has 2 unspecified atom stereocenters. The van der Waals surface area contributed by atoms with E-state index >= 15 is 0 Å². The minimum absolute atomic E-state index is 0.0994. The van der Waals surface area contributed by atoms with Gasteiger partial charge in [-0.2, -0.15) is 4.57 Å². The third-order valence-corrected chi connectivity index (χ3v) is 6.28. The maximum atomic E-state index is 2.57. The summed E-state index contributed by atoms with van der Waals surface area (Å²) < 4.78 is 2.57. The highest BCUT2D eigenvalue weighted by Crippen LogP contribution is 2.49. The first-order valence-electron chi connectivity index (χ1n) is 8.52. The SMILES string of the molecule is CCC1(C)c2ccccc2-c2c(C)cc(C)c[n+]2C1(C)CC. The Morgan fingerprint density at radius 3 is 2.32 bits per heavy atom. The first kappa shape index (κ1) is 15.3. The van der Waals surface area contributed by atoms with Crippen LogP contribution in [0.2, 0.25) is 0 Å². The van der Waals surface area contributed by atoms with E-state index in [1.165, 1.54) is 27.9 Å². The average Bonchev–Trinajstić information content (AvgIpc) is 2.51. The largest absolute Gasteiger partial charge is 0.216 e. The summed E-state index contributed by atoms with van der Waals surface area (Å²) in [4.78, 5) is 0. The molecule has 0 saturated carbocycles. The van der Waals surface area contributed by atoms with E-state index in [1.54, 1.807) is 0 Å². The van der Waals surface area contributed by atoms with Crippen LogP contribution < -0.4 is 4.57 Å². The van der Waals surface area contributed by atoms with E-state index in [4.69, 9.17) is 0 Å². The summed E-state index contributed by atoms with van der Waals surface area (Å²) in [5.74, 6) is 0. The third-order valence-electron chi connectivity index (χ3n) is 6.28. The second-order valence-corrected chi connectivity index (χ2v) is 7.28. The Kier molecular flexibility index (Phi) is 3.43. The number of hydrogen-bond acceptors (Lipinski definition) is 0. The van der Waals surface area contributed by atoms with Gasteiger partial charge >= 0.3 is 0 Å². The van der Waals surface area contributed by atoms with E-state index in [0.717, 1.165) is 12.8 Å². The van der Waals surface area contributed by atoms with Crippen LogP contribution in [0.15, 0.2) is 36.5 Å². The molecule has 2 aromatic rings. The molecule has 0 fully saturated rings. The fraction of sp³-hybridized carbons (Fsp3) is 0.476. The molecular weight excluding hydrogens is 266 g/mol. The van der Waals surface area contributed by atoms with E-state index in [1.807, 2.05) is 0 Å². The van der Waals surface area contributed by atoms with Crippen LogP contribution in [0.5, 0.6) is 0 Å². The van der Waals surface area contributed by atoms with Crippen LogP contribution in [0.4, 0.5) is 0 Å². The number of aryl methyl sites for hydroxylation is 2. The van der Waals surface area contributed by atoms with Gasteiger partial charge in [0.25, 0.3) is 0 Å². The van der Waals surface area contributed by atoms with Crippen molar-refractivity contribution in [3.63, 3.8) is 0 Å². The average molecular weight is 294 g/mol. The summed E-state index contributed by atoms with van der Waals surface area (Å²) in [5.41, 5.74) is 7.29. The second kappa shape index (κ2) is 4.94. The lowest BCUT2D eigenvalue weighted by Crippen LogP contribution is -2.67. The quantitative estimate of drug-likeness (QED) is 0.681. The monoisotopic (exact) mass is 294 g/mol. The summed E-state index contributed by atoms with van der Waals surface area (Å²) >= 11 is 0. The number of benzene rings is 1. The van der Waals surface area contributed by atoms with E-state index in [-0.39, 0.29) is 11.0 Å². The minimum atomic E-state index is 0.0994. The molecule has 0 bridgehead atoms. The van der Waals surface area contributed by atoms with Gasteiger partial charge in [-0.25, -0.2) is 0 Å². The van der Waals surface area contributed by atoms with Crippen molar-refractivity contribution in [2.24, 2.45) is 0 Å². The maximum absolute atomic E-state index is 2.57. The van der Waals surface area contributed by atoms with Gasteiger partial charge in [-0.05, 0) is 44.9 Å². The normalized spacial score (nSPS) is 26.5. The molecule has 2 atom stereocenters. The van der Waals surface area contributed by atoms with E-state index in [0.29, 0.717) is 0 Å². The molecule has 22 heavy (non-hydrogen) atoms. The highest BCUT2D eigenvalue weighted by molar-refractivity contribution is 5.68. The Balaban J connectivity index is 2.49. The van der Waals surface area contributed by atoms with Crippen LogP contribution in [0.1, 0.15) is 57.2 Å². The van der Waals surface area contributed by atoms with Gasteiger partial charge in [0, 0.05) is 24.5 Å². The lowest BCUT2D eigenvalue weighted by Gasteiger charge is -2.46. The predicted molar refractivity (Wildman–Crippen MR) is 93.1 cm³/mol. The minimum Gasteiger partial charge on any atom is -0.192 e. The molecule has 1 aromatic carbocycles. The van der Waals surface area contributed by atoms with E-state index in [2.05, 4.69) is 82.6 Å². The Morgan fingerprint density at radius 1 is 1.00 bits per heavy atom. The molecule has 116 valence electrons. The highest BCUT2D eigenvalue weighted by Gasteiger charge is 2.56. The van der Waals surface area contributed by atoms with Gasteiger partial charge in [-0.3, -0.25) is 0 Å². The number of hydrogen-bond donors (Lipinski definition) is 0. The number of aromatic nitrogens is 1. The van der Waals surface area contributed by atoms with Crippen LogP contribution in [0, 0.1) is 13.8 Å². The van der Waals surface area contributed by atoms with E-state index in [9.17, 15) is 0 Å². The van der Waals surface area contributed by atoms with Gasteiger partial charge in [-0.15, -0.1) is 0 Å². The number of nitrogens with zero attached hydrogens (tertiary/aromatic N) is 1. The lowest BCUT2D eigenvalue weighted by atomic mass is 9.60. The second-order valence-electron chi connectivity index (χ2n) is 7.28. The number of fused-ring (bicyclic) bond motifs is 3. The Labute approximate surface area is 135 Å². The predicted octanol–water partition coefficient (Wildman–Crippen LogP) is 5.06. The standard InChI is InChI=1S/C21H28N/c1-7-20(5)18-12-10-9-11-17(18)19-16(4)13-15(3)14-22(19)21(20,6)8-2/h9-14H,7-8H2,1-6H3/q+1. The van der Waals surface area contributed by atoms with Crippen LogP contribution in [0.3, 0.4) is 0 Å². The Hall–Kier alpha value is -1.63. The van der Waals surface area contributed by atoms with Gasteiger partial charge in [0.15, 0.2) is 11.7 Å². The molecule has 3 rings (SSSR count). The molecule has 0 aliphatic carbocycles. The first-order chi connectivity index (χ1) is 10.4. The molecule has 1 aromatic heterocycles. The molecule has 0 radical (unpaired) electrons. The van der Waals surface area contributed by atoms with Gasteiger partial charge < -0.3 is 0 Å². The van der Waals surface area contributed by atoms with Crippen LogP contribution in [0.25, 0.3) is 11.3 Å². The van der Waals surface area contributed by atoms with Gasteiger partial charge in [0.1, 0.15) is 0 Å². The zero-order valence-electron chi connectivity index (χ0n) is 14.8. The molecule has 0 spiro atoms. The Morgan fingerprint density at radius 2 is 1.68 bits per heavy atom. The summed E-state index contributed by atoms with van der Waals surface area (Å²) in [6.07, 6.45) is 4.63. The number of pyridine rings is 1. The van der Waals surface area contributed by atoms with Gasteiger partial charge in [0.05, 0.1) is 11.0 Å². The lowest BCUT2D eigenvalue weighted by molar-refractivity contribution is -0.765. The summed E-state index contributed by atoms with van der Waals surface area (Å²) in [5, 5.41) is 0. The van der Waals surface area contributed by atoms with Crippen molar-refractivity contribution in [3.05, 3.63) is 53.2 Å². The fourth-order valence-corrected chi connectivity index (χ4v) is 4.50. The summed E-state index contributed by atoms with van der Waals surface area (Å²) in [7, 11) is 0. The molecule has 1 nitrogen and oxygen atoms in total. The van der Waals surface area contributed by atoms with Crippen molar-refractivity contribution >= 4 is 0 Å². The molecule has 2 heterocycles. The molecule has 1 aliphatic rings. The fourth-order valence-electron chi connectivity index (χ4n) is 4.50. The summed E-state index contributed by atoms with van der Waals surface area (Å²) in [6.45, 7) is 14.0. The first-order valence-corrected chi connectivity index (χ1v) is 8.52. The maximum Gasteiger partial charge on any atom is 0.216 e. The van der Waals surface area contributed by atoms with E-state index < -0.39 is 0 Å². The van der Waals surface area contributed by atoms with Gasteiger partial charge in [-0.1, -0.05) is 32.0 Å². The topological polar surface area (TPSA) is 3.88 Å². The van der Waals surface area contributed by atoms with Crippen LogP contribution in [-0.4, -0.2) is 0 Å². The molecule has 1 heteroatoms. The van der Waals surface area contributed by atoms with Crippen molar-refractivity contribution in [3.8, 4) is 11.3 Å². The van der Waals surface area contributed by atoms with Crippen molar-refractivity contribution in [1.82, 2.24) is 0 Å². The third kappa shape index (κ3) is 1.74. The zero-order chi connectivity index (χ0) is 16.1. The zero-order valence-corrected chi connectivity index (χ0v) is 14.8. The van der Waals surface area contributed by atoms with Crippen molar-refractivity contribution in [2.75, 3.05) is 0 Å². The van der Waals surface area contributed by atoms with Crippen molar-refractivity contribution in [1.29, 1.82) is 0 Å². The van der Waals surface area contributed by atoms with Crippen molar-refractivity contribution in [2.45, 2.75) is 65.3 Å². The smallest absolute Gasteiger partial charge is 0.192 e. The molecule has 0 N–H and O–H groups in total. The summed E-state index contributed by atoms with van der Waals surface area (Å²) in [6, 6.07) is 11.3. The molecular formula is C21H28N+.